The molecule has 3 saturated heterocycles. The summed E-state index contributed by atoms with van der Waals surface area (Å²) in [5, 5.41) is 12.1. The van der Waals surface area contributed by atoms with Crippen molar-refractivity contribution >= 4 is 35.6 Å². The molecule has 4 aromatic rings. The number of nitrogens with zero attached hydrogens (tertiary/aromatic N) is 5. The van der Waals surface area contributed by atoms with Crippen LogP contribution in [0.5, 0.6) is 17.6 Å². The fraction of sp³-hybridized carbons (Fsp3) is 0.548. The van der Waals surface area contributed by atoms with E-state index in [2.05, 4.69) is 62.9 Å². The van der Waals surface area contributed by atoms with Crippen molar-refractivity contribution in [2.45, 2.75) is 95.6 Å². The zero-order valence-electron chi connectivity index (χ0n) is 32.9. The van der Waals surface area contributed by atoms with E-state index < -0.39 is 31.4 Å². The minimum atomic E-state index is -2.31. The summed E-state index contributed by atoms with van der Waals surface area (Å²) < 4.78 is 66.2. The molecule has 3 fully saturated rings. The molecule has 0 unspecified atom stereocenters. The fourth-order valence-electron chi connectivity index (χ4n) is 9.67. The first-order valence-electron chi connectivity index (χ1n) is 19.6. The molecule has 7 rings (SSSR count). The number of hydrogen-bond donors (Lipinski definition) is 1. The Morgan fingerprint density at radius 3 is 2.47 bits per heavy atom. The topological polar surface area (TPSA) is 93.1 Å². The smallest absolute Gasteiger partial charge is 0.319 e. The van der Waals surface area contributed by atoms with Gasteiger partial charge in [-0.3, -0.25) is 4.90 Å². The number of phenolic OH excluding ortho intramolecular Hbond substituents is 1. The molecule has 0 radical (unpaired) electrons. The lowest BCUT2D eigenvalue weighted by Crippen LogP contribution is -2.43. The number of rotatable bonds is 9. The van der Waals surface area contributed by atoms with Crippen molar-refractivity contribution in [3.8, 4) is 40.4 Å². The summed E-state index contributed by atoms with van der Waals surface area (Å²) in [6.45, 7) is 16.5. The number of ether oxygens (including phenoxy) is 3. The van der Waals surface area contributed by atoms with Gasteiger partial charge in [0.15, 0.2) is 5.82 Å². The molecule has 1 N–H and O–H groups in total. The Bertz CT molecular complexity index is 2130. The van der Waals surface area contributed by atoms with Gasteiger partial charge in [-0.2, -0.15) is 9.97 Å². The monoisotopic (exact) mass is 775 g/mol. The predicted octanol–water partition coefficient (Wildman–Crippen LogP) is 8.59. The molecule has 3 aliphatic heterocycles. The standard InChI is InChI=1S/C42H52F3N5O4Si/c1-25(2)55(26(3)4,27(5)6)19-12-31-33(44)11-10-28-20-30(51)21-32(34(28)31)37-36(45)38-35(40(46-37)52-7)39(49-14-9-17-53-18-16-49)48-41(47-38)54-24-42-13-8-15-50(42)23-29(43)22-42/h10-11,20-21,25-27,29,51H,8-9,13-18,22-24H2,1-7H3/t29-,42+/m1/s1. The summed E-state index contributed by atoms with van der Waals surface area (Å²) in [7, 11) is -0.868. The van der Waals surface area contributed by atoms with Crippen molar-refractivity contribution in [1.29, 1.82) is 0 Å². The van der Waals surface area contributed by atoms with E-state index in [1.54, 1.807) is 6.07 Å². The maximum Gasteiger partial charge on any atom is 0.319 e. The number of fused-ring (bicyclic) bond motifs is 3. The average molecular weight is 776 g/mol. The van der Waals surface area contributed by atoms with Gasteiger partial charge in [-0.15, -0.1) is 5.54 Å². The maximum absolute atomic E-state index is 17.5. The number of halogens is 3. The van der Waals surface area contributed by atoms with Gasteiger partial charge in [0.05, 0.1) is 24.8 Å². The van der Waals surface area contributed by atoms with Crippen LogP contribution in [0.1, 0.15) is 72.8 Å². The van der Waals surface area contributed by atoms with Crippen LogP contribution >= 0.6 is 0 Å². The molecule has 0 spiro atoms. The third kappa shape index (κ3) is 6.99. The molecule has 0 bridgehead atoms. The molecule has 2 aromatic carbocycles. The third-order valence-electron chi connectivity index (χ3n) is 12.2. The molecule has 294 valence electrons. The lowest BCUT2D eigenvalue weighted by Gasteiger charge is -2.38. The number of alkyl halides is 1. The van der Waals surface area contributed by atoms with Crippen LogP contribution in [0, 0.1) is 23.1 Å². The second kappa shape index (κ2) is 15.4. The largest absolute Gasteiger partial charge is 0.508 e. The first-order valence-corrected chi connectivity index (χ1v) is 21.8. The van der Waals surface area contributed by atoms with Crippen LogP contribution in [0.3, 0.4) is 0 Å². The highest BCUT2D eigenvalue weighted by Gasteiger charge is 2.49. The fourth-order valence-corrected chi connectivity index (χ4v) is 14.9. The summed E-state index contributed by atoms with van der Waals surface area (Å²) in [6.07, 6.45) is 1.85. The van der Waals surface area contributed by atoms with Crippen molar-refractivity contribution in [2.75, 3.05) is 58.0 Å². The minimum Gasteiger partial charge on any atom is -0.508 e. The van der Waals surface area contributed by atoms with E-state index in [9.17, 15) is 9.50 Å². The Balaban J connectivity index is 1.45. The molecular weight excluding hydrogens is 724 g/mol. The molecule has 3 aliphatic rings. The van der Waals surface area contributed by atoms with E-state index in [0.29, 0.717) is 78.9 Å². The van der Waals surface area contributed by atoms with E-state index in [4.69, 9.17) is 24.2 Å². The number of phenols is 1. The Morgan fingerprint density at radius 1 is 0.982 bits per heavy atom. The van der Waals surface area contributed by atoms with Gasteiger partial charge in [0.25, 0.3) is 0 Å². The van der Waals surface area contributed by atoms with Gasteiger partial charge in [0.2, 0.25) is 5.88 Å². The van der Waals surface area contributed by atoms with Crippen molar-refractivity contribution in [2.24, 2.45) is 0 Å². The van der Waals surface area contributed by atoms with Crippen molar-refractivity contribution < 1.29 is 32.5 Å². The average Bonchev–Trinajstić information content (AvgIpc) is 3.52. The minimum absolute atomic E-state index is 0.0509. The third-order valence-corrected chi connectivity index (χ3v) is 18.5. The van der Waals surface area contributed by atoms with Gasteiger partial charge in [-0.1, -0.05) is 53.5 Å². The Kier molecular flexibility index (Phi) is 11.0. The Labute approximate surface area is 322 Å². The first kappa shape index (κ1) is 39.1. The lowest BCUT2D eigenvalue weighted by atomic mass is 9.95. The molecular formula is C42H52F3N5O4Si. The zero-order chi connectivity index (χ0) is 39.2. The molecule has 9 nitrogen and oxygen atoms in total. The number of aromatic hydroxyl groups is 1. The number of pyridine rings is 1. The lowest BCUT2D eigenvalue weighted by molar-refractivity contribution is 0.107. The normalized spacial score (nSPS) is 20.7. The number of methoxy groups -OCH3 is 1. The summed E-state index contributed by atoms with van der Waals surface area (Å²) in [5.74, 6) is 2.19. The van der Waals surface area contributed by atoms with Crippen LogP contribution in [-0.2, 0) is 4.74 Å². The second-order valence-electron chi connectivity index (χ2n) is 16.3. The SMILES string of the molecule is COc1nc(-c2cc(O)cc3ccc(F)c(C#C[Si](C(C)C)(C(C)C)C(C)C)c23)c(F)c2nc(OC[C@@]34CCCN3C[C@H](F)C4)nc(N3CCCOCC3)c12. The summed E-state index contributed by atoms with van der Waals surface area (Å²) in [5.41, 5.74) is 4.02. The van der Waals surface area contributed by atoms with Crippen molar-refractivity contribution in [1.82, 2.24) is 19.9 Å². The summed E-state index contributed by atoms with van der Waals surface area (Å²) >= 11 is 0. The van der Waals surface area contributed by atoms with Crippen LogP contribution < -0.4 is 14.4 Å². The van der Waals surface area contributed by atoms with Gasteiger partial charge < -0.3 is 24.2 Å². The Morgan fingerprint density at radius 2 is 1.75 bits per heavy atom. The van der Waals surface area contributed by atoms with E-state index in [1.807, 2.05) is 4.90 Å². The molecule has 0 amide bonds. The van der Waals surface area contributed by atoms with Gasteiger partial charge in [0, 0.05) is 43.6 Å². The van der Waals surface area contributed by atoms with Crippen LogP contribution in [0.2, 0.25) is 16.6 Å². The predicted molar refractivity (Wildman–Crippen MR) is 213 cm³/mol. The summed E-state index contributed by atoms with van der Waals surface area (Å²) in [6, 6.07) is 5.73. The highest BCUT2D eigenvalue weighted by molar-refractivity contribution is 6.90. The molecule has 2 aromatic heterocycles. The van der Waals surface area contributed by atoms with Crippen LogP contribution in [0.15, 0.2) is 24.3 Å². The van der Waals surface area contributed by atoms with E-state index in [1.165, 1.54) is 25.3 Å². The molecule has 55 heavy (non-hydrogen) atoms. The van der Waals surface area contributed by atoms with Crippen LogP contribution in [-0.4, -0.2) is 97.9 Å². The Hall–Kier alpha value is -4.12. The molecule has 0 saturated carbocycles. The maximum atomic E-state index is 17.5. The van der Waals surface area contributed by atoms with E-state index in [0.717, 1.165) is 19.4 Å². The van der Waals surface area contributed by atoms with Gasteiger partial charge in [-0.05, 0) is 66.0 Å². The first-order chi connectivity index (χ1) is 26.3. The highest BCUT2D eigenvalue weighted by Crippen LogP contribution is 2.45. The molecule has 0 aliphatic carbocycles. The van der Waals surface area contributed by atoms with E-state index in [-0.39, 0.29) is 52.0 Å². The molecule has 5 heterocycles. The van der Waals surface area contributed by atoms with Gasteiger partial charge in [0.1, 0.15) is 54.8 Å². The number of hydrogen-bond acceptors (Lipinski definition) is 9. The quantitative estimate of drug-likeness (QED) is 0.133. The van der Waals surface area contributed by atoms with E-state index >= 15 is 8.78 Å². The number of anilines is 1. The highest BCUT2D eigenvalue weighted by atomic mass is 28.3. The van der Waals surface area contributed by atoms with Crippen molar-refractivity contribution in [3.63, 3.8) is 0 Å². The summed E-state index contributed by atoms with van der Waals surface area (Å²) in [4.78, 5) is 18.3. The second-order valence-corrected chi connectivity index (χ2v) is 21.9. The van der Waals surface area contributed by atoms with Gasteiger partial charge in [-0.25, -0.2) is 18.2 Å². The zero-order valence-corrected chi connectivity index (χ0v) is 33.9. The number of benzene rings is 2. The van der Waals surface area contributed by atoms with Gasteiger partial charge >= 0.3 is 6.01 Å². The number of aromatic nitrogens is 3. The van der Waals surface area contributed by atoms with Crippen LogP contribution in [0.25, 0.3) is 32.9 Å². The molecule has 13 heteroatoms. The van der Waals surface area contributed by atoms with Crippen LogP contribution in [0.4, 0.5) is 19.0 Å². The molecule has 2 atom stereocenters. The van der Waals surface area contributed by atoms with Crippen molar-refractivity contribution in [3.05, 3.63) is 41.5 Å².